The molecule has 2 heterocycles. The third-order valence-corrected chi connectivity index (χ3v) is 4.03. The number of furan rings is 1. The minimum atomic E-state index is -0.619. The average molecular weight is 328 g/mol. The lowest BCUT2D eigenvalue weighted by Gasteiger charge is -2.36. The van der Waals surface area contributed by atoms with Gasteiger partial charge in [-0.2, -0.15) is 0 Å². The molecule has 126 valence electrons. The standard InChI is InChI=1S/C18H20N2O4/c1-19(11-15-8-5-9-24-15)18(22)16-12-23-13-17(21)20(16)10-14-6-3-2-4-7-14/h2-9,16H,10-13H2,1H3/t16-/m1/s1. The van der Waals surface area contributed by atoms with Crippen molar-refractivity contribution in [3.05, 3.63) is 60.1 Å². The molecular weight excluding hydrogens is 308 g/mol. The van der Waals surface area contributed by atoms with Crippen LogP contribution in [0.4, 0.5) is 0 Å². The van der Waals surface area contributed by atoms with E-state index < -0.39 is 6.04 Å². The second-order valence-electron chi connectivity index (χ2n) is 5.81. The van der Waals surface area contributed by atoms with Crippen molar-refractivity contribution in [2.75, 3.05) is 20.3 Å². The first-order valence-electron chi connectivity index (χ1n) is 7.83. The molecular formula is C18H20N2O4. The summed E-state index contributed by atoms with van der Waals surface area (Å²) in [4.78, 5) is 28.2. The molecule has 0 N–H and O–H groups in total. The van der Waals surface area contributed by atoms with Gasteiger partial charge >= 0.3 is 0 Å². The van der Waals surface area contributed by atoms with Crippen molar-refractivity contribution >= 4 is 11.8 Å². The Balaban J connectivity index is 1.73. The lowest BCUT2D eigenvalue weighted by atomic mass is 10.1. The number of ether oxygens (including phenoxy) is 1. The Labute approximate surface area is 140 Å². The highest BCUT2D eigenvalue weighted by Crippen LogP contribution is 2.16. The molecule has 1 atom stereocenters. The van der Waals surface area contributed by atoms with E-state index in [1.165, 1.54) is 0 Å². The normalized spacial score (nSPS) is 17.8. The van der Waals surface area contributed by atoms with Crippen molar-refractivity contribution < 1.29 is 18.7 Å². The topological polar surface area (TPSA) is 63.0 Å². The summed E-state index contributed by atoms with van der Waals surface area (Å²) < 4.78 is 10.6. The van der Waals surface area contributed by atoms with Gasteiger partial charge in [0.1, 0.15) is 18.4 Å². The molecule has 0 bridgehead atoms. The molecule has 2 amide bonds. The lowest BCUT2D eigenvalue weighted by Crippen LogP contribution is -2.56. The minimum Gasteiger partial charge on any atom is -0.467 e. The van der Waals surface area contributed by atoms with Crippen LogP contribution >= 0.6 is 0 Å². The van der Waals surface area contributed by atoms with Gasteiger partial charge in [0.05, 0.1) is 19.4 Å². The summed E-state index contributed by atoms with van der Waals surface area (Å²) in [5, 5.41) is 0. The summed E-state index contributed by atoms with van der Waals surface area (Å²) in [7, 11) is 1.70. The van der Waals surface area contributed by atoms with Gasteiger partial charge in [0.2, 0.25) is 11.8 Å². The Morgan fingerprint density at radius 2 is 2.04 bits per heavy atom. The van der Waals surface area contributed by atoms with Crippen molar-refractivity contribution in [2.24, 2.45) is 0 Å². The maximum Gasteiger partial charge on any atom is 0.249 e. The van der Waals surface area contributed by atoms with Crippen LogP contribution in [0.2, 0.25) is 0 Å². The monoisotopic (exact) mass is 328 g/mol. The number of nitrogens with zero attached hydrogens (tertiary/aromatic N) is 2. The van der Waals surface area contributed by atoms with Crippen LogP contribution in [0.15, 0.2) is 53.1 Å². The molecule has 1 aromatic heterocycles. The van der Waals surface area contributed by atoms with E-state index in [-0.39, 0.29) is 25.0 Å². The van der Waals surface area contributed by atoms with E-state index in [0.717, 1.165) is 5.56 Å². The van der Waals surface area contributed by atoms with Crippen LogP contribution in [0.5, 0.6) is 0 Å². The van der Waals surface area contributed by atoms with Crippen LogP contribution in [0.25, 0.3) is 0 Å². The van der Waals surface area contributed by atoms with Crippen molar-refractivity contribution in [2.45, 2.75) is 19.1 Å². The summed E-state index contributed by atoms with van der Waals surface area (Å²) in [5.41, 5.74) is 0.985. The zero-order chi connectivity index (χ0) is 16.9. The number of hydrogen-bond donors (Lipinski definition) is 0. The number of rotatable bonds is 5. The summed E-state index contributed by atoms with van der Waals surface area (Å²) in [5.74, 6) is 0.369. The van der Waals surface area contributed by atoms with E-state index in [1.54, 1.807) is 29.2 Å². The van der Waals surface area contributed by atoms with Crippen molar-refractivity contribution in [1.82, 2.24) is 9.80 Å². The molecule has 3 rings (SSSR count). The Kier molecular flexibility index (Phi) is 4.96. The number of hydrogen-bond acceptors (Lipinski definition) is 4. The van der Waals surface area contributed by atoms with Gasteiger partial charge in [0, 0.05) is 13.6 Å². The molecule has 24 heavy (non-hydrogen) atoms. The molecule has 1 aliphatic rings. The molecule has 6 heteroatoms. The predicted octanol–water partition coefficient (Wildman–Crippen LogP) is 1.67. The zero-order valence-electron chi connectivity index (χ0n) is 13.6. The number of amides is 2. The lowest BCUT2D eigenvalue weighted by molar-refractivity contribution is -0.159. The minimum absolute atomic E-state index is 0.0124. The van der Waals surface area contributed by atoms with Crippen LogP contribution in [0.1, 0.15) is 11.3 Å². The van der Waals surface area contributed by atoms with Crippen LogP contribution in [0, 0.1) is 0 Å². The molecule has 1 fully saturated rings. The maximum atomic E-state index is 12.8. The van der Waals surface area contributed by atoms with Gasteiger partial charge in [-0.3, -0.25) is 9.59 Å². The summed E-state index contributed by atoms with van der Waals surface area (Å²) >= 11 is 0. The molecule has 1 aliphatic heterocycles. The van der Waals surface area contributed by atoms with Crippen LogP contribution in [-0.4, -0.2) is 47.9 Å². The largest absolute Gasteiger partial charge is 0.467 e. The fourth-order valence-electron chi connectivity index (χ4n) is 2.76. The molecule has 0 radical (unpaired) electrons. The molecule has 0 unspecified atom stereocenters. The van der Waals surface area contributed by atoms with Crippen molar-refractivity contribution in [3.63, 3.8) is 0 Å². The first-order chi connectivity index (χ1) is 11.6. The van der Waals surface area contributed by atoms with E-state index >= 15 is 0 Å². The van der Waals surface area contributed by atoms with Crippen molar-refractivity contribution in [1.29, 1.82) is 0 Å². The second kappa shape index (κ2) is 7.31. The Morgan fingerprint density at radius 1 is 1.25 bits per heavy atom. The van der Waals surface area contributed by atoms with E-state index in [1.807, 2.05) is 36.4 Å². The number of morpholine rings is 1. The zero-order valence-corrected chi connectivity index (χ0v) is 13.6. The van der Waals surface area contributed by atoms with Crippen LogP contribution < -0.4 is 0 Å². The number of benzene rings is 1. The molecule has 2 aromatic rings. The van der Waals surface area contributed by atoms with Crippen LogP contribution in [-0.2, 0) is 27.4 Å². The first-order valence-corrected chi connectivity index (χ1v) is 7.83. The van der Waals surface area contributed by atoms with Crippen LogP contribution in [0.3, 0.4) is 0 Å². The molecule has 6 nitrogen and oxygen atoms in total. The fraction of sp³-hybridized carbons (Fsp3) is 0.333. The molecule has 0 aliphatic carbocycles. The van der Waals surface area contributed by atoms with E-state index in [2.05, 4.69) is 0 Å². The molecule has 0 saturated carbocycles. The van der Waals surface area contributed by atoms with Gasteiger partial charge in [0.15, 0.2) is 0 Å². The van der Waals surface area contributed by atoms with E-state index in [0.29, 0.717) is 18.8 Å². The highest BCUT2D eigenvalue weighted by molar-refractivity contribution is 5.89. The van der Waals surface area contributed by atoms with E-state index in [9.17, 15) is 9.59 Å². The second-order valence-corrected chi connectivity index (χ2v) is 5.81. The Morgan fingerprint density at radius 3 is 2.75 bits per heavy atom. The number of carbonyl (C=O) groups excluding carboxylic acids is 2. The smallest absolute Gasteiger partial charge is 0.249 e. The number of likely N-dealkylation sites (N-methyl/N-ethyl adjacent to an activating group) is 1. The summed E-state index contributed by atoms with van der Waals surface area (Å²) in [6.45, 7) is 0.974. The van der Waals surface area contributed by atoms with Crippen molar-refractivity contribution in [3.8, 4) is 0 Å². The van der Waals surface area contributed by atoms with Gasteiger partial charge in [0.25, 0.3) is 0 Å². The molecule has 0 spiro atoms. The third kappa shape index (κ3) is 3.65. The maximum absolute atomic E-state index is 12.8. The first kappa shape index (κ1) is 16.3. The number of carbonyl (C=O) groups is 2. The quantitative estimate of drug-likeness (QED) is 0.837. The average Bonchev–Trinajstić information content (AvgIpc) is 3.10. The summed E-state index contributed by atoms with van der Waals surface area (Å²) in [6.07, 6.45) is 1.57. The Hall–Kier alpha value is -2.60. The van der Waals surface area contributed by atoms with Gasteiger partial charge in [-0.25, -0.2) is 0 Å². The van der Waals surface area contributed by atoms with Gasteiger partial charge in [-0.1, -0.05) is 30.3 Å². The SMILES string of the molecule is CN(Cc1ccco1)C(=O)[C@H]1COCC(=O)N1Cc1ccccc1. The predicted molar refractivity (Wildman–Crippen MR) is 86.8 cm³/mol. The molecule has 1 saturated heterocycles. The Bertz CT molecular complexity index is 684. The van der Waals surface area contributed by atoms with Gasteiger partial charge in [-0.05, 0) is 17.7 Å². The van der Waals surface area contributed by atoms with Gasteiger partial charge < -0.3 is 19.0 Å². The molecule has 1 aromatic carbocycles. The van der Waals surface area contributed by atoms with E-state index in [4.69, 9.17) is 9.15 Å². The fourth-order valence-corrected chi connectivity index (χ4v) is 2.76. The highest BCUT2D eigenvalue weighted by Gasteiger charge is 2.35. The summed E-state index contributed by atoms with van der Waals surface area (Å²) in [6, 6.07) is 12.6. The van der Waals surface area contributed by atoms with Gasteiger partial charge in [-0.15, -0.1) is 0 Å². The highest BCUT2D eigenvalue weighted by atomic mass is 16.5. The third-order valence-electron chi connectivity index (χ3n) is 4.03.